The lowest BCUT2D eigenvalue weighted by Crippen LogP contribution is -1.99. The second-order valence-corrected chi connectivity index (χ2v) is 6.29. The normalized spacial score (nSPS) is 17.1. The van der Waals surface area contributed by atoms with Crippen molar-refractivity contribution in [2.45, 2.75) is 13.3 Å². The first-order valence-electron chi connectivity index (χ1n) is 8.63. The number of benzene rings is 1. The van der Waals surface area contributed by atoms with Gasteiger partial charge in [-0.3, -0.25) is 0 Å². The summed E-state index contributed by atoms with van der Waals surface area (Å²) >= 11 is 0. The maximum Gasteiger partial charge on any atom is 0.0715 e. The Morgan fingerprint density at radius 1 is 1.12 bits per heavy atom. The minimum absolute atomic E-state index is 0.588. The molecular formula is C24H23N. The summed E-state index contributed by atoms with van der Waals surface area (Å²) in [6.45, 7) is 9.95. The Hall–Kier alpha value is -2.93. The number of rotatable bonds is 5. The molecule has 2 aromatic rings. The Morgan fingerprint density at radius 3 is 2.56 bits per heavy atom. The smallest absolute Gasteiger partial charge is 0.0715 e. The van der Waals surface area contributed by atoms with Crippen LogP contribution in [0, 0.1) is 5.92 Å². The summed E-state index contributed by atoms with van der Waals surface area (Å²) in [6.07, 6.45) is 13.3. The van der Waals surface area contributed by atoms with Gasteiger partial charge in [0.1, 0.15) is 0 Å². The van der Waals surface area contributed by atoms with Crippen molar-refractivity contribution in [2.24, 2.45) is 5.92 Å². The van der Waals surface area contributed by atoms with Crippen LogP contribution in [0.4, 0.5) is 0 Å². The zero-order valence-corrected chi connectivity index (χ0v) is 14.7. The van der Waals surface area contributed by atoms with Gasteiger partial charge in [0.05, 0.1) is 11.4 Å². The third kappa shape index (κ3) is 3.95. The van der Waals surface area contributed by atoms with Gasteiger partial charge in [-0.05, 0) is 46.7 Å². The predicted molar refractivity (Wildman–Crippen MR) is 109 cm³/mol. The summed E-state index contributed by atoms with van der Waals surface area (Å²) in [5, 5.41) is 0. The molecule has 124 valence electrons. The van der Waals surface area contributed by atoms with Crippen LogP contribution in [0.15, 0.2) is 92.1 Å². The molecule has 1 heterocycles. The predicted octanol–water partition coefficient (Wildman–Crippen LogP) is 6.48. The van der Waals surface area contributed by atoms with Gasteiger partial charge in [-0.25, -0.2) is 4.98 Å². The first kappa shape index (κ1) is 16.9. The van der Waals surface area contributed by atoms with Gasteiger partial charge in [-0.1, -0.05) is 86.9 Å². The van der Waals surface area contributed by atoms with Crippen LogP contribution in [0.5, 0.6) is 0 Å². The minimum atomic E-state index is 0.588. The third-order valence-corrected chi connectivity index (χ3v) is 4.36. The van der Waals surface area contributed by atoms with Crippen LogP contribution in [0.1, 0.15) is 24.7 Å². The van der Waals surface area contributed by atoms with Gasteiger partial charge in [0, 0.05) is 0 Å². The van der Waals surface area contributed by atoms with Gasteiger partial charge in [-0.15, -0.1) is 0 Å². The molecule has 25 heavy (non-hydrogen) atoms. The van der Waals surface area contributed by atoms with E-state index in [9.17, 15) is 0 Å². The van der Waals surface area contributed by atoms with E-state index < -0.39 is 0 Å². The lowest BCUT2D eigenvalue weighted by molar-refractivity contribution is 0.738. The van der Waals surface area contributed by atoms with Crippen LogP contribution in [0.25, 0.3) is 22.3 Å². The maximum absolute atomic E-state index is 4.89. The highest BCUT2D eigenvalue weighted by Gasteiger charge is 2.11. The Morgan fingerprint density at radius 2 is 1.92 bits per heavy atom. The monoisotopic (exact) mass is 325 g/mol. The Labute approximate surface area is 150 Å². The van der Waals surface area contributed by atoms with Crippen molar-refractivity contribution in [1.82, 2.24) is 4.98 Å². The van der Waals surface area contributed by atoms with Gasteiger partial charge in [0.15, 0.2) is 0 Å². The molecule has 0 N–H and O–H groups in total. The van der Waals surface area contributed by atoms with E-state index in [1.54, 1.807) is 6.08 Å². The molecule has 0 aliphatic heterocycles. The molecule has 1 unspecified atom stereocenters. The van der Waals surface area contributed by atoms with Crippen LogP contribution in [-0.4, -0.2) is 4.98 Å². The van der Waals surface area contributed by atoms with E-state index in [0.29, 0.717) is 5.92 Å². The van der Waals surface area contributed by atoms with E-state index in [1.807, 2.05) is 18.2 Å². The van der Waals surface area contributed by atoms with Crippen LogP contribution in [-0.2, 0) is 0 Å². The molecule has 0 radical (unpaired) electrons. The number of aromatic nitrogens is 1. The summed E-state index contributed by atoms with van der Waals surface area (Å²) in [5.41, 5.74) is 6.41. The van der Waals surface area contributed by atoms with E-state index in [1.165, 1.54) is 11.1 Å². The average molecular weight is 325 g/mol. The molecule has 0 amide bonds. The second kappa shape index (κ2) is 7.76. The number of hydrogen-bond donors (Lipinski definition) is 0. The molecule has 1 heteroatoms. The van der Waals surface area contributed by atoms with Crippen molar-refractivity contribution in [3.05, 3.63) is 103 Å². The summed E-state index contributed by atoms with van der Waals surface area (Å²) in [6, 6.07) is 14.7. The van der Waals surface area contributed by atoms with E-state index in [2.05, 4.69) is 74.7 Å². The highest BCUT2D eigenvalue weighted by molar-refractivity contribution is 5.81. The van der Waals surface area contributed by atoms with Gasteiger partial charge < -0.3 is 0 Å². The van der Waals surface area contributed by atoms with E-state index in [0.717, 1.165) is 28.9 Å². The highest BCUT2D eigenvalue weighted by atomic mass is 14.7. The van der Waals surface area contributed by atoms with Crippen LogP contribution in [0.3, 0.4) is 0 Å². The van der Waals surface area contributed by atoms with Gasteiger partial charge in [0.2, 0.25) is 0 Å². The molecule has 1 aromatic carbocycles. The van der Waals surface area contributed by atoms with Crippen molar-refractivity contribution in [3.63, 3.8) is 0 Å². The second-order valence-electron chi connectivity index (χ2n) is 6.29. The molecule has 0 saturated carbocycles. The fraction of sp³-hybridized carbons (Fsp3) is 0.125. The van der Waals surface area contributed by atoms with Crippen molar-refractivity contribution < 1.29 is 0 Å². The molecule has 1 nitrogen and oxygen atoms in total. The maximum atomic E-state index is 4.89. The van der Waals surface area contributed by atoms with Crippen LogP contribution in [0.2, 0.25) is 0 Å². The molecular weight excluding hydrogens is 302 g/mol. The topological polar surface area (TPSA) is 12.9 Å². The van der Waals surface area contributed by atoms with Gasteiger partial charge in [-0.2, -0.15) is 0 Å². The average Bonchev–Trinajstić information content (AvgIpc) is 2.67. The molecule has 3 rings (SSSR count). The SMILES string of the molecule is C=C/C=C(\C=C)c1cc(-c2ccccc2)cc(C2=CCC(C)C=C2)n1. The molecule has 0 spiro atoms. The first-order chi connectivity index (χ1) is 12.2. The molecule has 1 atom stereocenters. The summed E-state index contributed by atoms with van der Waals surface area (Å²) in [5.74, 6) is 0.588. The van der Waals surface area contributed by atoms with Gasteiger partial charge >= 0.3 is 0 Å². The largest absolute Gasteiger partial charge is 0.248 e. The molecule has 0 bridgehead atoms. The number of nitrogens with zero attached hydrogens (tertiary/aromatic N) is 1. The zero-order chi connectivity index (χ0) is 17.6. The summed E-state index contributed by atoms with van der Waals surface area (Å²) < 4.78 is 0. The third-order valence-electron chi connectivity index (χ3n) is 4.36. The molecule has 1 aromatic heterocycles. The molecule has 1 aliphatic rings. The minimum Gasteiger partial charge on any atom is -0.248 e. The van der Waals surface area contributed by atoms with E-state index in [-0.39, 0.29) is 0 Å². The lowest BCUT2D eigenvalue weighted by atomic mass is 9.94. The Bertz CT molecular complexity index is 866. The van der Waals surface area contributed by atoms with Crippen molar-refractivity contribution in [1.29, 1.82) is 0 Å². The highest BCUT2D eigenvalue weighted by Crippen LogP contribution is 2.29. The van der Waals surface area contributed by atoms with Crippen LogP contribution >= 0.6 is 0 Å². The van der Waals surface area contributed by atoms with Crippen molar-refractivity contribution in [3.8, 4) is 11.1 Å². The fourth-order valence-corrected chi connectivity index (χ4v) is 2.93. The summed E-state index contributed by atoms with van der Waals surface area (Å²) in [4.78, 5) is 4.89. The molecule has 0 fully saturated rings. The molecule has 1 aliphatic carbocycles. The first-order valence-corrected chi connectivity index (χ1v) is 8.63. The van der Waals surface area contributed by atoms with Crippen molar-refractivity contribution >= 4 is 11.1 Å². The molecule has 0 saturated heterocycles. The van der Waals surface area contributed by atoms with Crippen LogP contribution < -0.4 is 0 Å². The quantitative estimate of drug-likeness (QED) is 0.573. The standard InChI is InChI=1S/C24H23N/c1-4-9-19(5-2)23-16-22(20-10-7-6-8-11-20)17-24(25-23)21-14-12-18(3)13-15-21/h4-12,14-18H,1-2,13H2,3H3/b19-9+. The van der Waals surface area contributed by atoms with E-state index in [4.69, 9.17) is 4.98 Å². The Kier molecular flexibility index (Phi) is 5.25. The van der Waals surface area contributed by atoms with Gasteiger partial charge in [0.25, 0.3) is 0 Å². The number of pyridine rings is 1. The summed E-state index contributed by atoms with van der Waals surface area (Å²) in [7, 11) is 0. The Balaban J connectivity index is 2.15. The number of allylic oxidation sites excluding steroid dienone is 8. The zero-order valence-electron chi connectivity index (χ0n) is 14.7. The lowest BCUT2D eigenvalue weighted by Gasteiger charge is -2.14. The fourth-order valence-electron chi connectivity index (χ4n) is 2.93. The van der Waals surface area contributed by atoms with Crippen molar-refractivity contribution in [2.75, 3.05) is 0 Å². The van der Waals surface area contributed by atoms with E-state index >= 15 is 0 Å². The number of hydrogen-bond acceptors (Lipinski definition) is 1.